The van der Waals surface area contributed by atoms with Crippen LogP contribution in [0.25, 0.3) is 0 Å². The van der Waals surface area contributed by atoms with Crippen LogP contribution in [0.4, 0.5) is 0 Å². The predicted molar refractivity (Wildman–Crippen MR) is 45.3 cm³/mol. The summed E-state index contributed by atoms with van der Waals surface area (Å²) in [5.74, 6) is 0.473. The molecule has 0 bridgehead atoms. The Morgan fingerprint density at radius 3 is 2.83 bits per heavy atom. The molecule has 2 aliphatic rings. The van der Waals surface area contributed by atoms with Gasteiger partial charge in [-0.15, -0.1) is 11.8 Å². The first-order chi connectivity index (χ1) is 5.72. The van der Waals surface area contributed by atoms with Gasteiger partial charge >= 0.3 is 0 Å². The van der Waals surface area contributed by atoms with Crippen LogP contribution in [0.15, 0.2) is 10.6 Å². The first kappa shape index (κ1) is 7.67. The molecule has 0 radical (unpaired) electrons. The van der Waals surface area contributed by atoms with Crippen LogP contribution >= 0.6 is 11.8 Å². The van der Waals surface area contributed by atoms with Crippen LogP contribution in [-0.2, 0) is 9.59 Å². The zero-order valence-corrected chi connectivity index (χ0v) is 7.40. The lowest BCUT2D eigenvalue weighted by atomic mass is 10.4. The number of nitrogens with zero attached hydrogens (tertiary/aromatic N) is 1. The van der Waals surface area contributed by atoms with E-state index < -0.39 is 0 Å². The first-order valence-corrected chi connectivity index (χ1v) is 4.63. The van der Waals surface area contributed by atoms with Crippen LogP contribution in [-0.4, -0.2) is 36.1 Å². The maximum absolute atomic E-state index is 11.3. The van der Waals surface area contributed by atoms with Gasteiger partial charge in [0.1, 0.15) is 10.6 Å². The SMILES string of the molecule is CN1C(=O)C2=C(SCCN2)C1=O. The van der Waals surface area contributed by atoms with Crippen LogP contribution in [0.1, 0.15) is 0 Å². The number of carbonyl (C=O) groups is 2. The van der Waals surface area contributed by atoms with E-state index in [2.05, 4.69) is 5.32 Å². The van der Waals surface area contributed by atoms with Crippen molar-refractivity contribution in [1.82, 2.24) is 10.2 Å². The second-order valence-electron chi connectivity index (χ2n) is 2.65. The van der Waals surface area contributed by atoms with Crippen LogP contribution in [0.2, 0.25) is 0 Å². The molecule has 2 rings (SSSR count). The Bertz CT molecular complexity index is 270. The highest BCUT2D eigenvalue weighted by molar-refractivity contribution is 8.04. The number of amides is 2. The molecular formula is C7H8N2O2S. The maximum atomic E-state index is 11.3. The second-order valence-corrected chi connectivity index (χ2v) is 3.75. The van der Waals surface area contributed by atoms with Crippen molar-refractivity contribution >= 4 is 23.6 Å². The van der Waals surface area contributed by atoms with E-state index in [9.17, 15) is 9.59 Å². The number of rotatable bonds is 0. The molecule has 2 heterocycles. The average molecular weight is 184 g/mol. The molecule has 1 N–H and O–H groups in total. The van der Waals surface area contributed by atoms with Gasteiger partial charge in [-0.05, 0) is 0 Å². The molecule has 0 spiro atoms. The number of nitrogens with one attached hydrogen (secondary N) is 1. The summed E-state index contributed by atoms with van der Waals surface area (Å²) >= 11 is 1.45. The Kier molecular flexibility index (Phi) is 1.61. The molecule has 0 fully saturated rings. The van der Waals surface area contributed by atoms with E-state index in [-0.39, 0.29) is 11.8 Å². The topological polar surface area (TPSA) is 49.4 Å². The van der Waals surface area contributed by atoms with E-state index in [1.807, 2.05) is 0 Å². The monoisotopic (exact) mass is 184 g/mol. The quantitative estimate of drug-likeness (QED) is 0.517. The third-order valence-corrected chi connectivity index (χ3v) is 2.97. The van der Waals surface area contributed by atoms with E-state index >= 15 is 0 Å². The van der Waals surface area contributed by atoms with Crippen molar-refractivity contribution in [2.45, 2.75) is 0 Å². The predicted octanol–water partition coefficient (Wildman–Crippen LogP) is -0.467. The fourth-order valence-corrected chi connectivity index (χ4v) is 2.21. The third kappa shape index (κ3) is 0.859. The summed E-state index contributed by atoms with van der Waals surface area (Å²) in [5.41, 5.74) is 0.485. The van der Waals surface area contributed by atoms with Crippen LogP contribution in [0.3, 0.4) is 0 Å². The molecule has 0 saturated heterocycles. The molecule has 2 amide bonds. The fourth-order valence-electron chi connectivity index (χ4n) is 1.24. The van der Waals surface area contributed by atoms with Crippen LogP contribution in [0.5, 0.6) is 0 Å². The minimum absolute atomic E-state index is 0.174. The van der Waals surface area contributed by atoms with E-state index in [1.54, 1.807) is 0 Å². The Labute approximate surface area is 74.0 Å². The Balaban J connectivity index is 2.41. The second kappa shape index (κ2) is 2.52. The first-order valence-electron chi connectivity index (χ1n) is 3.65. The van der Waals surface area contributed by atoms with Gasteiger partial charge in [-0.1, -0.05) is 0 Å². The minimum Gasteiger partial charge on any atom is -0.379 e. The Morgan fingerprint density at radius 2 is 2.17 bits per heavy atom. The van der Waals surface area contributed by atoms with Gasteiger partial charge in [0.2, 0.25) is 0 Å². The maximum Gasteiger partial charge on any atom is 0.277 e. The molecule has 0 saturated carbocycles. The zero-order chi connectivity index (χ0) is 8.72. The molecular weight excluding hydrogens is 176 g/mol. The van der Waals surface area contributed by atoms with Gasteiger partial charge in [-0.2, -0.15) is 0 Å². The molecule has 0 aliphatic carbocycles. The number of imide groups is 1. The van der Waals surface area contributed by atoms with Crippen molar-refractivity contribution in [2.75, 3.05) is 19.3 Å². The molecule has 0 unspecified atom stereocenters. The highest BCUT2D eigenvalue weighted by atomic mass is 32.2. The van der Waals surface area contributed by atoms with Gasteiger partial charge in [-0.25, -0.2) is 0 Å². The summed E-state index contributed by atoms with van der Waals surface area (Å²) < 4.78 is 0. The summed E-state index contributed by atoms with van der Waals surface area (Å²) in [7, 11) is 1.51. The van der Waals surface area contributed by atoms with Gasteiger partial charge in [0.25, 0.3) is 11.8 Å². The highest BCUT2D eigenvalue weighted by Gasteiger charge is 2.37. The van der Waals surface area contributed by atoms with Crippen LogP contribution in [0, 0.1) is 0 Å². The summed E-state index contributed by atoms with van der Waals surface area (Å²) in [5, 5.41) is 2.94. The molecule has 0 aromatic heterocycles. The average Bonchev–Trinajstić information content (AvgIpc) is 2.33. The number of hydrogen-bond donors (Lipinski definition) is 1. The molecule has 0 aromatic carbocycles. The molecule has 0 atom stereocenters. The van der Waals surface area contributed by atoms with E-state index in [0.717, 1.165) is 17.2 Å². The molecule has 64 valence electrons. The van der Waals surface area contributed by atoms with Crippen molar-refractivity contribution < 1.29 is 9.59 Å². The fraction of sp³-hybridized carbons (Fsp3) is 0.429. The van der Waals surface area contributed by atoms with E-state index in [1.165, 1.54) is 18.8 Å². The molecule has 5 heteroatoms. The Morgan fingerprint density at radius 1 is 1.42 bits per heavy atom. The van der Waals surface area contributed by atoms with Crippen LogP contribution < -0.4 is 5.32 Å². The number of hydrogen-bond acceptors (Lipinski definition) is 4. The summed E-state index contributed by atoms with van der Waals surface area (Å²) in [4.78, 5) is 24.4. The number of thioether (sulfide) groups is 1. The number of carbonyl (C=O) groups excluding carboxylic acids is 2. The largest absolute Gasteiger partial charge is 0.379 e. The standard InChI is InChI=1S/C7H8N2O2S/c1-9-6(10)4-5(7(9)11)12-3-2-8-4/h8H,2-3H2,1H3. The Hall–Kier alpha value is -0.970. The molecule has 12 heavy (non-hydrogen) atoms. The third-order valence-electron chi connectivity index (χ3n) is 1.89. The highest BCUT2D eigenvalue weighted by Crippen LogP contribution is 2.29. The van der Waals surface area contributed by atoms with Crippen molar-refractivity contribution in [1.29, 1.82) is 0 Å². The molecule has 2 aliphatic heterocycles. The summed E-state index contributed by atoms with van der Waals surface area (Å²) in [6, 6.07) is 0. The van der Waals surface area contributed by atoms with Crippen molar-refractivity contribution in [3.05, 3.63) is 10.6 Å². The van der Waals surface area contributed by atoms with Gasteiger partial charge < -0.3 is 5.32 Å². The molecule has 0 aromatic rings. The lowest BCUT2D eigenvalue weighted by molar-refractivity contribution is -0.135. The van der Waals surface area contributed by atoms with E-state index in [4.69, 9.17) is 0 Å². The van der Waals surface area contributed by atoms with Crippen molar-refractivity contribution in [3.8, 4) is 0 Å². The molecule has 4 nitrogen and oxygen atoms in total. The smallest absolute Gasteiger partial charge is 0.277 e. The van der Waals surface area contributed by atoms with Gasteiger partial charge in [0.15, 0.2) is 0 Å². The normalized spacial score (nSPS) is 22.9. The van der Waals surface area contributed by atoms with E-state index in [0.29, 0.717) is 10.6 Å². The summed E-state index contributed by atoms with van der Waals surface area (Å²) in [6.45, 7) is 0.760. The van der Waals surface area contributed by atoms with Gasteiger partial charge in [0.05, 0.1) is 0 Å². The van der Waals surface area contributed by atoms with Crippen molar-refractivity contribution in [2.24, 2.45) is 0 Å². The minimum atomic E-state index is -0.206. The number of likely N-dealkylation sites (N-methyl/N-ethyl adjacent to an activating group) is 1. The lowest BCUT2D eigenvalue weighted by Crippen LogP contribution is -2.30. The van der Waals surface area contributed by atoms with Gasteiger partial charge in [0, 0.05) is 19.3 Å². The zero-order valence-electron chi connectivity index (χ0n) is 6.59. The lowest BCUT2D eigenvalue weighted by Gasteiger charge is -2.11. The van der Waals surface area contributed by atoms with Gasteiger partial charge in [-0.3, -0.25) is 14.5 Å². The summed E-state index contributed by atoms with van der Waals surface area (Å²) in [6.07, 6.45) is 0. The van der Waals surface area contributed by atoms with Crippen molar-refractivity contribution in [3.63, 3.8) is 0 Å².